The zero-order valence-electron chi connectivity index (χ0n) is 9.47. The normalized spacial score (nSPS) is 14.4. The van der Waals surface area contributed by atoms with Crippen molar-refractivity contribution >= 4 is 0 Å². The SMILES string of the molecule is CC(N)COc1cccc(C(F)(F)C(F)(F)F)c1. The van der Waals surface area contributed by atoms with Gasteiger partial charge in [0.25, 0.3) is 0 Å². The molecule has 1 rings (SSSR count). The molecule has 0 saturated heterocycles. The molecule has 1 atom stereocenters. The Kier molecular flexibility index (Phi) is 4.16. The van der Waals surface area contributed by atoms with E-state index in [1.54, 1.807) is 6.92 Å². The van der Waals surface area contributed by atoms with Crippen LogP contribution in [0.4, 0.5) is 22.0 Å². The van der Waals surface area contributed by atoms with Gasteiger partial charge in [0.1, 0.15) is 12.4 Å². The smallest absolute Gasteiger partial charge is 0.458 e. The number of hydrogen-bond acceptors (Lipinski definition) is 2. The van der Waals surface area contributed by atoms with Gasteiger partial charge in [-0.05, 0) is 19.1 Å². The third-order valence-electron chi connectivity index (χ3n) is 2.07. The molecule has 0 aliphatic carbocycles. The first kappa shape index (κ1) is 14.7. The van der Waals surface area contributed by atoms with Gasteiger partial charge in [-0.3, -0.25) is 0 Å². The van der Waals surface area contributed by atoms with Crippen molar-refractivity contribution in [1.29, 1.82) is 0 Å². The average molecular weight is 269 g/mol. The Balaban J connectivity index is 2.95. The summed E-state index contributed by atoms with van der Waals surface area (Å²) in [5.41, 5.74) is 4.22. The van der Waals surface area contributed by atoms with E-state index in [0.29, 0.717) is 12.1 Å². The minimum absolute atomic E-state index is 0.0288. The highest BCUT2D eigenvalue weighted by Crippen LogP contribution is 2.44. The molecule has 0 aliphatic heterocycles. The number of ether oxygens (including phenoxy) is 1. The van der Waals surface area contributed by atoms with E-state index in [0.717, 1.165) is 6.07 Å². The zero-order chi connectivity index (χ0) is 14.0. The highest BCUT2D eigenvalue weighted by atomic mass is 19.4. The summed E-state index contributed by atoms with van der Waals surface area (Å²) in [4.78, 5) is 0. The summed E-state index contributed by atoms with van der Waals surface area (Å²) in [6.07, 6.45) is -5.63. The fourth-order valence-corrected chi connectivity index (χ4v) is 1.17. The summed E-state index contributed by atoms with van der Waals surface area (Å²) < 4.78 is 67.5. The number of halogens is 5. The van der Waals surface area contributed by atoms with E-state index in [2.05, 4.69) is 0 Å². The lowest BCUT2D eigenvalue weighted by atomic mass is 10.1. The van der Waals surface area contributed by atoms with Crippen molar-refractivity contribution in [3.05, 3.63) is 29.8 Å². The highest BCUT2D eigenvalue weighted by Gasteiger charge is 2.58. The molecule has 0 aliphatic rings. The Labute approximate surface area is 101 Å². The molecule has 0 bridgehead atoms. The third kappa shape index (κ3) is 3.32. The largest absolute Gasteiger partial charge is 0.492 e. The minimum Gasteiger partial charge on any atom is -0.492 e. The Morgan fingerprint density at radius 2 is 1.83 bits per heavy atom. The first-order valence-corrected chi connectivity index (χ1v) is 5.08. The van der Waals surface area contributed by atoms with Gasteiger partial charge >= 0.3 is 12.1 Å². The van der Waals surface area contributed by atoms with Crippen LogP contribution in [0.2, 0.25) is 0 Å². The predicted molar refractivity (Wildman–Crippen MR) is 55.5 cm³/mol. The summed E-state index contributed by atoms with van der Waals surface area (Å²) in [6.45, 7) is 1.65. The average Bonchev–Trinajstić information content (AvgIpc) is 2.25. The Morgan fingerprint density at radius 3 is 2.33 bits per heavy atom. The van der Waals surface area contributed by atoms with Gasteiger partial charge in [0, 0.05) is 11.6 Å². The second kappa shape index (κ2) is 5.09. The van der Waals surface area contributed by atoms with E-state index in [-0.39, 0.29) is 18.4 Å². The van der Waals surface area contributed by atoms with Crippen LogP contribution in [-0.4, -0.2) is 18.8 Å². The second-order valence-electron chi connectivity index (χ2n) is 3.89. The van der Waals surface area contributed by atoms with Crippen LogP contribution in [-0.2, 0) is 5.92 Å². The van der Waals surface area contributed by atoms with E-state index in [4.69, 9.17) is 10.5 Å². The molecule has 1 aromatic carbocycles. The summed E-state index contributed by atoms with van der Waals surface area (Å²) >= 11 is 0. The van der Waals surface area contributed by atoms with Gasteiger partial charge in [-0.15, -0.1) is 0 Å². The number of rotatable bonds is 4. The van der Waals surface area contributed by atoms with Crippen LogP contribution in [0.25, 0.3) is 0 Å². The molecule has 2 N–H and O–H groups in total. The van der Waals surface area contributed by atoms with Gasteiger partial charge in [-0.25, -0.2) is 0 Å². The maximum absolute atomic E-state index is 13.0. The number of benzene rings is 1. The van der Waals surface area contributed by atoms with Crippen LogP contribution in [0.1, 0.15) is 12.5 Å². The number of nitrogens with two attached hydrogens (primary N) is 1. The molecule has 0 heterocycles. The van der Waals surface area contributed by atoms with Crippen molar-refractivity contribution in [2.75, 3.05) is 6.61 Å². The highest BCUT2D eigenvalue weighted by molar-refractivity contribution is 5.32. The van der Waals surface area contributed by atoms with Gasteiger partial charge < -0.3 is 10.5 Å². The Hall–Kier alpha value is -1.37. The van der Waals surface area contributed by atoms with Gasteiger partial charge in [0.2, 0.25) is 0 Å². The molecule has 102 valence electrons. The van der Waals surface area contributed by atoms with Gasteiger partial charge in [0.05, 0.1) is 0 Å². The summed E-state index contributed by atoms with van der Waals surface area (Å²) in [5, 5.41) is 0. The maximum atomic E-state index is 13.0. The number of alkyl halides is 5. The van der Waals surface area contributed by atoms with E-state index in [1.165, 1.54) is 6.07 Å². The molecule has 2 nitrogen and oxygen atoms in total. The van der Waals surface area contributed by atoms with Crippen LogP contribution in [0.5, 0.6) is 5.75 Å². The quantitative estimate of drug-likeness (QED) is 0.852. The molecule has 18 heavy (non-hydrogen) atoms. The van der Waals surface area contributed by atoms with Crippen molar-refractivity contribution in [2.45, 2.75) is 25.1 Å². The van der Waals surface area contributed by atoms with Crippen LogP contribution < -0.4 is 10.5 Å². The molecule has 0 amide bonds. The van der Waals surface area contributed by atoms with Crippen LogP contribution in [0, 0.1) is 0 Å². The summed E-state index contributed by atoms with van der Waals surface area (Å²) in [6, 6.07) is 3.38. The van der Waals surface area contributed by atoms with Gasteiger partial charge in [0.15, 0.2) is 0 Å². The lowest BCUT2D eigenvalue weighted by Crippen LogP contribution is -2.33. The monoisotopic (exact) mass is 269 g/mol. The van der Waals surface area contributed by atoms with E-state index < -0.39 is 17.7 Å². The van der Waals surface area contributed by atoms with Crippen LogP contribution in [0.3, 0.4) is 0 Å². The van der Waals surface area contributed by atoms with Gasteiger partial charge in [-0.2, -0.15) is 22.0 Å². The molecule has 0 saturated carbocycles. The summed E-state index contributed by atoms with van der Waals surface area (Å²) in [7, 11) is 0. The minimum atomic E-state index is -5.63. The third-order valence-corrected chi connectivity index (χ3v) is 2.07. The predicted octanol–water partition coefficient (Wildman–Crippen LogP) is 3.07. The molecule has 0 aromatic heterocycles. The molecular weight excluding hydrogens is 257 g/mol. The van der Waals surface area contributed by atoms with Crippen molar-refractivity contribution in [3.63, 3.8) is 0 Å². The van der Waals surface area contributed by atoms with Crippen molar-refractivity contribution in [2.24, 2.45) is 5.73 Å². The molecule has 0 fully saturated rings. The molecule has 0 radical (unpaired) electrons. The second-order valence-corrected chi connectivity index (χ2v) is 3.89. The zero-order valence-corrected chi connectivity index (χ0v) is 9.47. The van der Waals surface area contributed by atoms with Crippen LogP contribution >= 0.6 is 0 Å². The van der Waals surface area contributed by atoms with Crippen LogP contribution in [0.15, 0.2) is 24.3 Å². The molecular formula is C11H12F5NO. The first-order valence-electron chi connectivity index (χ1n) is 5.08. The van der Waals surface area contributed by atoms with E-state index >= 15 is 0 Å². The maximum Gasteiger partial charge on any atom is 0.458 e. The first-order chi connectivity index (χ1) is 8.14. The summed E-state index contributed by atoms with van der Waals surface area (Å²) in [5.74, 6) is -4.98. The van der Waals surface area contributed by atoms with E-state index in [1.807, 2.05) is 0 Å². The van der Waals surface area contributed by atoms with Gasteiger partial charge in [-0.1, -0.05) is 12.1 Å². The molecule has 1 aromatic rings. The lowest BCUT2D eigenvalue weighted by Gasteiger charge is -2.20. The topological polar surface area (TPSA) is 35.2 Å². The van der Waals surface area contributed by atoms with Crippen molar-refractivity contribution in [3.8, 4) is 5.75 Å². The lowest BCUT2D eigenvalue weighted by molar-refractivity contribution is -0.289. The molecule has 7 heteroatoms. The molecule has 1 unspecified atom stereocenters. The van der Waals surface area contributed by atoms with Crippen molar-refractivity contribution in [1.82, 2.24) is 0 Å². The fraction of sp³-hybridized carbons (Fsp3) is 0.455. The number of hydrogen-bond donors (Lipinski definition) is 1. The van der Waals surface area contributed by atoms with Crippen molar-refractivity contribution < 1.29 is 26.7 Å². The Bertz CT molecular complexity index is 403. The molecule has 0 spiro atoms. The van der Waals surface area contributed by atoms with E-state index in [9.17, 15) is 22.0 Å². The Morgan fingerprint density at radius 1 is 1.22 bits per heavy atom. The standard InChI is InChI=1S/C11H12F5NO/c1-7(17)6-18-9-4-2-3-8(5-9)10(12,13)11(14,15)16/h2-5,7H,6,17H2,1H3. The fourth-order valence-electron chi connectivity index (χ4n) is 1.17.